The zero-order chi connectivity index (χ0) is 13.1. The van der Waals surface area contributed by atoms with E-state index in [-0.39, 0.29) is 0 Å². The average molecular weight is 254 g/mol. The molecule has 4 heteroatoms. The van der Waals surface area contributed by atoms with E-state index in [0.717, 1.165) is 18.7 Å². The van der Waals surface area contributed by atoms with Gasteiger partial charge in [0.25, 0.3) is 0 Å². The third-order valence-electron chi connectivity index (χ3n) is 3.47. The van der Waals surface area contributed by atoms with Crippen molar-refractivity contribution in [3.8, 4) is 0 Å². The largest absolute Gasteiger partial charge is 0.361 e. The first-order chi connectivity index (χ1) is 9.33. The van der Waals surface area contributed by atoms with E-state index in [0.29, 0.717) is 6.04 Å². The van der Waals surface area contributed by atoms with Crippen LogP contribution < -0.4 is 5.32 Å². The summed E-state index contributed by atoms with van der Waals surface area (Å²) in [5, 5.41) is 4.77. The van der Waals surface area contributed by atoms with E-state index in [2.05, 4.69) is 51.5 Å². The molecule has 0 aliphatic heterocycles. The Morgan fingerprint density at radius 1 is 1.26 bits per heavy atom. The van der Waals surface area contributed by atoms with Crippen molar-refractivity contribution in [1.82, 2.24) is 20.3 Å². The van der Waals surface area contributed by atoms with Crippen LogP contribution in [0, 0.1) is 0 Å². The molecule has 2 aromatic heterocycles. The summed E-state index contributed by atoms with van der Waals surface area (Å²) in [7, 11) is 0. The number of nitrogens with one attached hydrogen (secondary N) is 3. The molecular weight excluding hydrogens is 236 g/mol. The summed E-state index contributed by atoms with van der Waals surface area (Å²) < 4.78 is 0. The molecule has 3 aromatic rings. The first-order valence-corrected chi connectivity index (χ1v) is 6.60. The van der Waals surface area contributed by atoms with Gasteiger partial charge in [-0.1, -0.05) is 6.07 Å². The Bertz CT molecular complexity index is 639. The topological polar surface area (TPSA) is 56.5 Å². The Morgan fingerprint density at radius 2 is 2.21 bits per heavy atom. The van der Waals surface area contributed by atoms with E-state index >= 15 is 0 Å². The van der Waals surface area contributed by atoms with Gasteiger partial charge in [-0.05, 0) is 49.0 Å². The lowest BCUT2D eigenvalue weighted by atomic mass is 10.1. The Morgan fingerprint density at radius 3 is 3.05 bits per heavy atom. The summed E-state index contributed by atoms with van der Waals surface area (Å²) in [6.45, 7) is 3.10. The molecule has 0 radical (unpaired) electrons. The normalized spacial score (nSPS) is 12.9. The number of H-pyrrole nitrogens is 2. The molecule has 2 heterocycles. The maximum absolute atomic E-state index is 4.04. The number of hydrogen-bond acceptors (Lipinski definition) is 2. The number of aromatic nitrogens is 3. The minimum Gasteiger partial charge on any atom is -0.361 e. The zero-order valence-electron chi connectivity index (χ0n) is 11.0. The summed E-state index contributed by atoms with van der Waals surface area (Å²) in [6.07, 6.45) is 6.59. The van der Waals surface area contributed by atoms with Crippen LogP contribution in [0.25, 0.3) is 10.9 Å². The van der Waals surface area contributed by atoms with Gasteiger partial charge in [0.1, 0.15) is 0 Å². The molecule has 0 aliphatic rings. The average Bonchev–Trinajstić information content (AvgIpc) is 3.09. The smallest absolute Gasteiger partial charge is 0.0922 e. The molecule has 0 aliphatic carbocycles. The summed E-state index contributed by atoms with van der Waals surface area (Å²) in [5.41, 5.74) is 3.68. The number of rotatable bonds is 5. The van der Waals surface area contributed by atoms with Crippen molar-refractivity contribution >= 4 is 10.9 Å². The van der Waals surface area contributed by atoms with Gasteiger partial charge >= 0.3 is 0 Å². The van der Waals surface area contributed by atoms with E-state index in [4.69, 9.17) is 0 Å². The number of nitrogens with zero attached hydrogens (tertiary/aromatic N) is 1. The van der Waals surface area contributed by atoms with Crippen molar-refractivity contribution in [2.75, 3.05) is 6.54 Å². The maximum Gasteiger partial charge on any atom is 0.0922 e. The molecular formula is C15H18N4. The Kier molecular flexibility index (Phi) is 3.33. The van der Waals surface area contributed by atoms with Crippen molar-refractivity contribution in [3.05, 3.63) is 54.2 Å². The van der Waals surface area contributed by atoms with Crippen LogP contribution in [-0.4, -0.2) is 21.5 Å². The lowest BCUT2D eigenvalue weighted by molar-refractivity contribution is 0.566. The number of imidazole rings is 1. The van der Waals surface area contributed by atoms with E-state index in [1.165, 1.54) is 16.5 Å². The maximum atomic E-state index is 4.04. The first kappa shape index (κ1) is 12.0. The first-order valence-electron chi connectivity index (χ1n) is 6.60. The highest BCUT2D eigenvalue weighted by atomic mass is 15.0. The second-order valence-corrected chi connectivity index (χ2v) is 4.83. The summed E-state index contributed by atoms with van der Waals surface area (Å²) in [5.74, 6) is 0. The lowest BCUT2D eigenvalue weighted by Gasteiger charge is -2.11. The molecule has 19 heavy (non-hydrogen) atoms. The molecule has 1 atom stereocenters. The molecule has 1 aromatic carbocycles. The van der Waals surface area contributed by atoms with Crippen molar-refractivity contribution in [1.29, 1.82) is 0 Å². The summed E-state index contributed by atoms with van der Waals surface area (Å²) in [6, 6.07) is 8.98. The van der Waals surface area contributed by atoms with Crippen molar-refractivity contribution in [2.24, 2.45) is 0 Å². The molecule has 0 bridgehead atoms. The molecule has 0 saturated heterocycles. The molecule has 0 amide bonds. The van der Waals surface area contributed by atoms with Crippen LogP contribution in [0.2, 0.25) is 0 Å². The fraction of sp³-hybridized carbons (Fsp3) is 0.267. The SMILES string of the molecule is CC(NCCc1ccc2[nH]ccc2c1)c1cnc[nH]1. The third-order valence-corrected chi connectivity index (χ3v) is 3.47. The van der Waals surface area contributed by atoms with Crippen molar-refractivity contribution in [2.45, 2.75) is 19.4 Å². The fourth-order valence-corrected chi connectivity index (χ4v) is 2.30. The van der Waals surface area contributed by atoms with Crippen LogP contribution in [0.15, 0.2) is 43.0 Å². The van der Waals surface area contributed by atoms with Gasteiger partial charge in [-0.25, -0.2) is 4.98 Å². The zero-order valence-corrected chi connectivity index (χ0v) is 11.0. The Labute approximate surface area is 112 Å². The van der Waals surface area contributed by atoms with Gasteiger partial charge in [0, 0.05) is 24.0 Å². The molecule has 3 rings (SSSR count). The van der Waals surface area contributed by atoms with Gasteiger partial charge in [-0.2, -0.15) is 0 Å². The van der Waals surface area contributed by atoms with E-state index in [9.17, 15) is 0 Å². The minimum absolute atomic E-state index is 0.304. The van der Waals surface area contributed by atoms with Crippen LogP contribution in [-0.2, 0) is 6.42 Å². The van der Waals surface area contributed by atoms with Gasteiger partial charge in [0.2, 0.25) is 0 Å². The van der Waals surface area contributed by atoms with Gasteiger partial charge in [-0.3, -0.25) is 0 Å². The molecule has 0 fully saturated rings. The van der Waals surface area contributed by atoms with E-state index in [1.54, 1.807) is 6.33 Å². The third kappa shape index (κ3) is 2.69. The monoisotopic (exact) mass is 254 g/mol. The Balaban J connectivity index is 1.57. The highest BCUT2D eigenvalue weighted by molar-refractivity contribution is 5.79. The molecule has 98 valence electrons. The second-order valence-electron chi connectivity index (χ2n) is 4.83. The number of hydrogen-bond donors (Lipinski definition) is 3. The van der Waals surface area contributed by atoms with Crippen LogP contribution in [0.4, 0.5) is 0 Å². The van der Waals surface area contributed by atoms with Gasteiger partial charge in [0.05, 0.1) is 12.0 Å². The number of benzene rings is 1. The molecule has 1 unspecified atom stereocenters. The van der Waals surface area contributed by atoms with Gasteiger partial charge < -0.3 is 15.3 Å². The predicted octanol–water partition coefficient (Wildman–Crippen LogP) is 2.78. The van der Waals surface area contributed by atoms with Crippen molar-refractivity contribution in [3.63, 3.8) is 0 Å². The molecule has 3 N–H and O–H groups in total. The van der Waals surface area contributed by atoms with Gasteiger partial charge in [0.15, 0.2) is 0 Å². The second kappa shape index (κ2) is 5.28. The van der Waals surface area contributed by atoms with Crippen LogP contribution in [0.5, 0.6) is 0 Å². The fourth-order valence-electron chi connectivity index (χ4n) is 2.30. The lowest BCUT2D eigenvalue weighted by Crippen LogP contribution is -2.21. The molecule has 4 nitrogen and oxygen atoms in total. The summed E-state index contributed by atoms with van der Waals surface area (Å²) in [4.78, 5) is 10.4. The Hall–Kier alpha value is -2.07. The van der Waals surface area contributed by atoms with Crippen molar-refractivity contribution < 1.29 is 0 Å². The molecule has 0 spiro atoms. The number of aromatic amines is 2. The quantitative estimate of drug-likeness (QED) is 0.655. The van der Waals surface area contributed by atoms with Crippen LogP contribution >= 0.6 is 0 Å². The highest BCUT2D eigenvalue weighted by Crippen LogP contribution is 2.14. The standard InChI is InChI=1S/C15H18N4/c1-11(15-9-16-10-19-15)17-6-4-12-2-3-14-13(8-12)5-7-18-14/h2-3,5,7-11,17-18H,4,6H2,1H3,(H,16,19). The summed E-state index contributed by atoms with van der Waals surface area (Å²) >= 11 is 0. The van der Waals surface area contributed by atoms with E-state index < -0.39 is 0 Å². The molecule has 0 saturated carbocycles. The number of fused-ring (bicyclic) bond motifs is 1. The predicted molar refractivity (Wildman–Crippen MR) is 77.0 cm³/mol. The highest BCUT2D eigenvalue weighted by Gasteiger charge is 2.05. The minimum atomic E-state index is 0.304. The van der Waals surface area contributed by atoms with Crippen LogP contribution in [0.1, 0.15) is 24.2 Å². The van der Waals surface area contributed by atoms with Gasteiger partial charge in [-0.15, -0.1) is 0 Å². The van der Waals surface area contributed by atoms with Crippen LogP contribution in [0.3, 0.4) is 0 Å². The van der Waals surface area contributed by atoms with E-state index in [1.807, 2.05) is 12.4 Å².